The molecule has 1 fully saturated rings. The highest BCUT2D eigenvalue weighted by atomic mass is 32.2. The number of anilines is 1. The number of methoxy groups -OCH3 is 1. The number of carboxylic acid groups (broad SMARTS) is 1. The summed E-state index contributed by atoms with van der Waals surface area (Å²) in [4.78, 5) is 48.4. The molecule has 2 aliphatic heterocycles. The molecule has 198 valence electrons. The Labute approximate surface area is 224 Å². The minimum atomic E-state index is -1.20. The summed E-state index contributed by atoms with van der Waals surface area (Å²) in [6, 6.07) is 4.75. The minimum Gasteiger partial charge on any atom is -0.497 e. The van der Waals surface area contributed by atoms with Crippen molar-refractivity contribution in [3.63, 3.8) is 0 Å². The predicted molar refractivity (Wildman–Crippen MR) is 139 cm³/mol. The number of nitrogen functional groups attached to an aromatic ring is 1. The van der Waals surface area contributed by atoms with Gasteiger partial charge in [-0.2, -0.15) is 4.68 Å². The molecule has 4 N–H and O–H groups in total. The van der Waals surface area contributed by atoms with Crippen molar-refractivity contribution in [1.29, 1.82) is 0 Å². The van der Waals surface area contributed by atoms with Crippen LogP contribution in [-0.2, 0) is 32.8 Å². The van der Waals surface area contributed by atoms with E-state index >= 15 is 0 Å². The second-order valence-corrected chi connectivity index (χ2v) is 10.5. The van der Waals surface area contributed by atoms with Gasteiger partial charge in [-0.3, -0.25) is 14.5 Å². The number of carboxylic acids is 1. The van der Waals surface area contributed by atoms with E-state index in [1.54, 1.807) is 12.5 Å². The van der Waals surface area contributed by atoms with E-state index in [1.807, 2.05) is 40.8 Å². The number of thioether (sulfide) groups is 1. The van der Waals surface area contributed by atoms with Crippen LogP contribution in [0.25, 0.3) is 10.9 Å². The zero-order valence-corrected chi connectivity index (χ0v) is 22.2. The fourth-order valence-corrected chi connectivity index (χ4v) is 6.36. The first-order chi connectivity index (χ1) is 18.2. The SMILES string of the molecule is CO/N=C(\C(=O)N[C@@H]1C(=O)N2C(C(=O)O)=C(C[n+]3cc4ccc(OC)cc4n3C)CS[C@H]12)c1csc(N)n1. The summed E-state index contributed by atoms with van der Waals surface area (Å²) in [7, 11) is 4.75. The number of hydrogen-bond acceptors (Lipinski definition) is 10. The van der Waals surface area contributed by atoms with Crippen LogP contribution in [0, 0.1) is 0 Å². The van der Waals surface area contributed by atoms with E-state index in [4.69, 9.17) is 15.3 Å². The lowest BCUT2D eigenvalue weighted by atomic mass is 10.0. The third-order valence-corrected chi connectivity index (χ3v) is 8.32. The smallest absolute Gasteiger partial charge is 0.352 e. The van der Waals surface area contributed by atoms with Crippen molar-refractivity contribution in [1.82, 2.24) is 19.9 Å². The zero-order chi connectivity index (χ0) is 27.1. The van der Waals surface area contributed by atoms with Gasteiger partial charge in [0.05, 0.1) is 19.5 Å². The molecule has 2 aromatic heterocycles. The summed E-state index contributed by atoms with van der Waals surface area (Å²) in [5, 5.41) is 18.6. The molecular formula is C23H24N7O6S2+. The highest BCUT2D eigenvalue weighted by molar-refractivity contribution is 8.00. The van der Waals surface area contributed by atoms with Crippen LogP contribution in [0.5, 0.6) is 5.75 Å². The van der Waals surface area contributed by atoms with Crippen molar-refractivity contribution in [2.45, 2.75) is 18.0 Å². The van der Waals surface area contributed by atoms with E-state index in [0.717, 1.165) is 22.2 Å². The molecule has 0 spiro atoms. The highest BCUT2D eigenvalue weighted by Gasteiger charge is 2.55. The third kappa shape index (κ3) is 4.32. The van der Waals surface area contributed by atoms with Crippen molar-refractivity contribution in [3.8, 4) is 5.75 Å². The molecular weight excluding hydrogens is 534 g/mol. The number of benzene rings is 1. The molecule has 5 rings (SSSR count). The monoisotopic (exact) mass is 558 g/mol. The molecule has 15 heteroatoms. The van der Waals surface area contributed by atoms with Gasteiger partial charge in [-0.05, 0) is 12.1 Å². The van der Waals surface area contributed by atoms with Gasteiger partial charge in [0.2, 0.25) is 6.20 Å². The number of carbonyl (C=O) groups excluding carboxylic acids is 2. The molecule has 2 amide bonds. The number of thiazole rings is 1. The van der Waals surface area contributed by atoms with Crippen LogP contribution in [-0.4, -0.2) is 74.6 Å². The number of β-lactam (4-membered cyclic amide) rings is 1. The number of fused-ring (bicyclic) bond motifs is 2. The highest BCUT2D eigenvalue weighted by Crippen LogP contribution is 2.40. The molecule has 4 heterocycles. The summed E-state index contributed by atoms with van der Waals surface area (Å²) < 4.78 is 9.11. The van der Waals surface area contributed by atoms with Crippen LogP contribution in [0.1, 0.15) is 5.69 Å². The number of carbonyl (C=O) groups is 3. The maximum absolute atomic E-state index is 13.1. The first-order valence-corrected chi connectivity index (χ1v) is 13.2. The minimum absolute atomic E-state index is 0.0716. The van der Waals surface area contributed by atoms with Gasteiger partial charge in [-0.15, -0.1) is 27.8 Å². The fourth-order valence-electron chi connectivity index (χ4n) is 4.48. The first-order valence-electron chi connectivity index (χ1n) is 11.3. The first kappa shape index (κ1) is 25.5. The number of rotatable bonds is 8. The van der Waals surface area contributed by atoms with Crippen molar-refractivity contribution in [2.24, 2.45) is 12.2 Å². The van der Waals surface area contributed by atoms with Crippen LogP contribution in [0.15, 0.2) is 46.2 Å². The van der Waals surface area contributed by atoms with Crippen molar-refractivity contribution in [2.75, 3.05) is 25.7 Å². The molecule has 1 saturated heterocycles. The summed E-state index contributed by atoms with van der Waals surface area (Å²) >= 11 is 2.51. The van der Waals surface area contributed by atoms with Gasteiger partial charge in [0, 0.05) is 22.8 Å². The topological polar surface area (TPSA) is 165 Å². The number of nitrogens with two attached hydrogens (primary N) is 1. The third-order valence-electron chi connectivity index (χ3n) is 6.31. The summed E-state index contributed by atoms with van der Waals surface area (Å²) in [5.74, 6) is -1.33. The number of aromatic nitrogens is 3. The average molecular weight is 559 g/mol. The summed E-state index contributed by atoms with van der Waals surface area (Å²) in [6.07, 6.45) is 1.92. The number of aryl methyl sites for hydroxylation is 1. The van der Waals surface area contributed by atoms with Crippen molar-refractivity contribution < 1.29 is 33.7 Å². The number of ether oxygens (including phenoxy) is 1. The number of amides is 2. The number of nitrogens with one attached hydrogen (secondary N) is 1. The number of aliphatic carboxylic acids is 1. The van der Waals surface area contributed by atoms with Crippen LogP contribution in [0.3, 0.4) is 0 Å². The van der Waals surface area contributed by atoms with E-state index in [1.165, 1.54) is 23.8 Å². The Bertz CT molecular complexity index is 1530. The summed E-state index contributed by atoms with van der Waals surface area (Å²) in [5.41, 5.74) is 7.17. The molecule has 0 saturated carbocycles. The zero-order valence-electron chi connectivity index (χ0n) is 20.6. The van der Waals surface area contributed by atoms with E-state index in [0.29, 0.717) is 17.1 Å². The van der Waals surface area contributed by atoms with Gasteiger partial charge in [0.1, 0.15) is 41.2 Å². The number of nitrogens with zero attached hydrogens (tertiary/aromatic N) is 5. The standard InChI is InChI=1S/C23H23N7O6S2/c1-28-15-6-13(35-2)5-4-11(15)7-29(28)8-12-9-37-21-17(20(32)30(21)18(12)22(33)34)26-19(31)16(27-36-3)14-10-38-23(24)25-14/h4-7,10,17,21H,8-9H2,1-3H3,(H3-,24,25,26,31,33,34)/p+1/b27-16-/t17-,21-/m1/s1. The lowest BCUT2D eigenvalue weighted by molar-refractivity contribution is -0.764. The van der Waals surface area contributed by atoms with E-state index in [-0.39, 0.29) is 28.8 Å². The molecule has 2 aliphatic rings. The Hall–Kier alpha value is -4.11. The van der Waals surface area contributed by atoms with Gasteiger partial charge in [-0.1, -0.05) is 5.16 Å². The molecule has 38 heavy (non-hydrogen) atoms. The normalized spacial score (nSPS) is 19.3. The van der Waals surface area contributed by atoms with E-state index < -0.39 is 29.2 Å². The molecule has 3 aromatic rings. The molecule has 0 bridgehead atoms. The van der Waals surface area contributed by atoms with Crippen LogP contribution in [0.2, 0.25) is 0 Å². The van der Waals surface area contributed by atoms with Gasteiger partial charge in [-0.25, -0.2) is 9.78 Å². The largest absolute Gasteiger partial charge is 0.497 e. The van der Waals surface area contributed by atoms with Gasteiger partial charge in [0.15, 0.2) is 17.4 Å². The molecule has 0 unspecified atom stereocenters. The molecule has 1 aromatic carbocycles. The molecule has 0 aliphatic carbocycles. The molecule has 0 radical (unpaired) electrons. The number of hydrogen-bond donors (Lipinski definition) is 3. The van der Waals surface area contributed by atoms with Crippen LogP contribution < -0.4 is 20.5 Å². The summed E-state index contributed by atoms with van der Waals surface area (Å²) in [6.45, 7) is 0.269. The maximum Gasteiger partial charge on any atom is 0.352 e. The van der Waals surface area contributed by atoms with E-state index in [9.17, 15) is 19.5 Å². The molecule has 2 atom stereocenters. The van der Waals surface area contributed by atoms with Gasteiger partial charge in [0.25, 0.3) is 11.8 Å². The Morgan fingerprint density at radius 2 is 2.16 bits per heavy atom. The van der Waals surface area contributed by atoms with Crippen molar-refractivity contribution in [3.05, 3.63) is 46.7 Å². The Morgan fingerprint density at radius 1 is 1.37 bits per heavy atom. The van der Waals surface area contributed by atoms with E-state index in [2.05, 4.69) is 15.5 Å². The molecule has 13 nitrogen and oxygen atoms in total. The van der Waals surface area contributed by atoms with Crippen molar-refractivity contribution >= 4 is 62.6 Å². The second kappa shape index (κ2) is 9.98. The van der Waals surface area contributed by atoms with Gasteiger partial charge >= 0.3 is 5.97 Å². The Morgan fingerprint density at radius 3 is 2.82 bits per heavy atom. The fraction of sp³-hybridized carbons (Fsp3) is 0.304. The Balaban J connectivity index is 1.38. The number of oxime groups is 1. The average Bonchev–Trinajstić information content (AvgIpc) is 3.47. The Kier molecular flexibility index (Phi) is 6.71. The predicted octanol–water partition coefficient (Wildman–Crippen LogP) is 0.302. The quantitative estimate of drug-likeness (QED) is 0.153. The van der Waals surface area contributed by atoms with Gasteiger partial charge < -0.3 is 25.7 Å². The lowest BCUT2D eigenvalue weighted by Crippen LogP contribution is -2.71. The van der Waals surface area contributed by atoms with Crippen LogP contribution >= 0.6 is 23.1 Å². The lowest BCUT2D eigenvalue weighted by Gasteiger charge is -2.49. The van der Waals surface area contributed by atoms with Crippen LogP contribution in [0.4, 0.5) is 5.13 Å². The maximum atomic E-state index is 13.1. The second-order valence-electron chi connectivity index (χ2n) is 8.49.